The lowest BCUT2D eigenvalue weighted by Gasteiger charge is -2.45. The highest BCUT2D eigenvalue weighted by atomic mass is 16.5. The molecule has 1 saturated heterocycles. The van der Waals surface area contributed by atoms with Crippen LogP contribution in [0.15, 0.2) is 12.7 Å². The third-order valence-electron chi connectivity index (χ3n) is 5.25. The summed E-state index contributed by atoms with van der Waals surface area (Å²) in [6.07, 6.45) is 6.57. The van der Waals surface area contributed by atoms with Crippen LogP contribution in [-0.4, -0.2) is 34.1 Å². The van der Waals surface area contributed by atoms with Crippen molar-refractivity contribution in [2.24, 2.45) is 11.8 Å². The van der Waals surface area contributed by atoms with Gasteiger partial charge in [-0.05, 0) is 37.5 Å². The molecular formula is C14H22O3. The van der Waals surface area contributed by atoms with Gasteiger partial charge in [-0.2, -0.15) is 0 Å². The van der Waals surface area contributed by atoms with Crippen molar-refractivity contribution >= 4 is 0 Å². The Balaban J connectivity index is 1.95. The van der Waals surface area contributed by atoms with E-state index in [1.807, 2.05) is 6.08 Å². The smallest absolute Gasteiger partial charge is 0.102 e. The molecule has 5 atom stereocenters. The molecule has 0 amide bonds. The average Bonchev–Trinajstić information content (AvgIpc) is 2.66. The number of aliphatic hydroxyl groups is 2. The number of ether oxygens (including phenoxy) is 1. The molecule has 2 aliphatic carbocycles. The molecule has 0 aromatic heterocycles. The Bertz CT molecular complexity index is 329. The van der Waals surface area contributed by atoms with Crippen molar-refractivity contribution in [2.75, 3.05) is 6.61 Å². The Morgan fingerprint density at radius 3 is 2.94 bits per heavy atom. The van der Waals surface area contributed by atoms with Crippen LogP contribution in [-0.2, 0) is 4.74 Å². The van der Waals surface area contributed by atoms with Gasteiger partial charge in [-0.1, -0.05) is 6.08 Å². The molecule has 0 aromatic rings. The number of hydrogen-bond acceptors (Lipinski definition) is 3. The predicted molar refractivity (Wildman–Crippen MR) is 64.5 cm³/mol. The first-order chi connectivity index (χ1) is 8.11. The first-order valence-corrected chi connectivity index (χ1v) is 6.77. The van der Waals surface area contributed by atoms with E-state index in [2.05, 4.69) is 6.58 Å². The molecule has 1 heterocycles. The Labute approximate surface area is 102 Å². The fraction of sp³-hybridized carbons (Fsp3) is 0.857. The maximum absolute atomic E-state index is 10.9. The van der Waals surface area contributed by atoms with Gasteiger partial charge in [0.1, 0.15) is 5.60 Å². The molecule has 1 aliphatic heterocycles. The summed E-state index contributed by atoms with van der Waals surface area (Å²) < 4.78 is 5.97. The molecule has 2 N–H and O–H groups in total. The highest BCUT2D eigenvalue weighted by Gasteiger charge is 2.67. The van der Waals surface area contributed by atoms with Crippen LogP contribution in [0.1, 0.15) is 38.5 Å². The zero-order valence-corrected chi connectivity index (χ0v) is 10.3. The normalized spacial score (nSPS) is 53.2. The van der Waals surface area contributed by atoms with Gasteiger partial charge in [0.25, 0.3) is 0 Å². The monoisotopic (exact) mass is 238 g/mol. The standard InChI is InChI=1S/C14H22O3/c1-2-3-10-8-13(16)6-7-17-14(13)9-11(15)4-5-12(10)14/h2,10-12,15-16H,1,3-9H2/t10-,11+,12-,13-,14-/m1/s1. The van der Waals surface area contributed by atoms with E-state index < -0.39 is 11.2 Å². The van der Waals surface area contributed by atoms with Crippen LogP contribution in [0.4, 0.5) is 0 Å². The van der Waals surface area contributed by atoms with Gasteiger partial charge in [0.15, 0.2) is 0 Å². The zero-order valence-electron chi connectivity index (χ0n) is 10.3. The van der Waals surface area contributed by atoms with Crippen molar-refractivity contribution in [3.05, 3.63) is 12.7 Å². The van der Waals surface area contributed by atoms with Gasteiger partial charge >= 0.3 is 0 Å². The van der Waals surface area contributed by atoms with E-state index in [1.54, 1.807) is 0 Å². The molecule has 3 aliphatic rings. The third-order valence-corrected chi connectivity index (χ3v) is 5.25. The molecule has 17 heavy (non-hydrogen) atoms. The van der Waals surface area contributed by atoms with Crippen molar-refractivity contribution in [2.45, 2.75) is 55.8 Å². The third kappa shape index (κ3) is 1.46. The highest BCUT2D eigenvalue weighted by molar-refractivity contribution is 5.18. The number of allylic oxidation sites excluding steroid dienone is 1. The molecule has 3 heteroatoms. The molecule has 3 nitrogen and oxygen atoms in total. The quantitative estimate of drug-likeness (QED) is 0.719. The second-order valence-electron chi connectivity index (χ2n) is 6.05. The van der Waals surface area contributed by atoms with Gasteiger partial charge in [-0.25, -0.2) is 0 Å². The van der Waals surface area contributed by atoms with Gasteiger partial charge in [-0.15, -0.1) is 6.58 Å². The van der Waals surface area contributed by atoms with Gasteiger partial charge < -0.3 is 14.9 Å². The van der Waals surface area contributed by atoms with E-state index in [1.165, 1.54) is 0 Å². The SMILES string of the molecule is C=CC[C@@H]1C[C@]2(O)CCO[C@@]23C[C@@H](O)CC[C@H]13. The largest absolute Gasteiger partial charge is 0.393 e. The molecule has 0 unspecified atom stereocenters. The lowest BCUT2D eigenvalue weighted by molar-refractivity contribution is -0.160. The summed E-state index contributed by atoms with van der Waals surface area (Å²) in [4.78, 5) is 0. The van der Waals surface area contributed by atoms with E-state index >= 15 is 0 Å². The summed E-state index contributed by atoms with van der Waals surface area (Å²) in [5.41, 5.74) is -1.16. The van der Waals surface area contributed by atoms with E-state index in [4.69, 9.17) is 4.74 Å². The van der Waals surface area contributed by atoms with Gasteiger partial charge in [0.05, 0.1) is 18.3 Å². The summed E-state index contributed by atoms with van der Waals surface area (Å²) in [5.74, 6) is 0.877. The Morgan fingerprint density at radius 2 is 2.18 bits per heavy atom. The van der Waals surface area contributed by atoms with Gasteiger partial charge in [0.2, 0.25) is 0 Å². The Kier molecular flexibility index (Phi) is 2.62. The molecule has 96 valence electrons. The van der Waals surface area contributed by atoms with Crippen molar-refractivity contribution in [3.63, 3.8) is 0 Å². The van der Waals surface area contributed by atoms with E-state index in [-0.39, 0.29) is 6.10 Å². The lowest BCUT2D eigenvalue weighted by atomic mass is 9.69. The highest BCUT2D eigenvalue weighted by Crippen LogP contribution is 2.61. The summed E-state index contributed by atoms with van der Waals surface area (Å²) in [7, 11) is 0. The van der Waals surface area contributed by atoms with Crippen LogP contribution in [0.3, 0.4) is 0 Å². The molecule has 0 bridgehead atoms. The van der Waals surface area contributed by atoms with E-state index in [0.717, 1.165) is 32.1 Å². The average molecular weight is 238 g/mol. The second kappa shape index (κ2) is 3.81. The molecule has 0 radical (unpaired) electrons. The zero-order chi connectivity index (χ0) is 12.1. The summed E-state index contributed by atoms with van der Waals surface area (Å²) >= 11 is 0. The molecule has 3 fully saturated rings. The summed E-state index contributed by atoms with van der Waals surface area (Å²) in [6, 6.07) is 0. The minimum Gasteiger partial charge on any atom is -0.393 e. The molecule has 0 aromatic carbocycles. The van der Waals surface area contributed by atoms with Gasteiger partial charge in [0, 0.05) is 12.8 Å². The minimum absolute atomic E-state index is 0.307. The van der Waals surface area contributed by atoms with Crippen molar-refractivity contribution in [1.29, 1.82) is 0 Å². The topological polar surface area (TPSA) is 49.7 Å². The Hall–Kier alpha value is -0.380. The maximum atomic E-state index is 10.9. The van der Waals surface area contributed by atoms with Crippen LogP contribution in [0.5, 0.6) is 0 Å². The number of hydrogen-bond donors (Lipinski definition) is 2. The summed E-state index contributed by atoms with van der Waals surface area (Å²) in [6.45, 7) is 4.46. The number of rotatable bonds is 2. The van der Waals surface area contributed by atoms with Gasteiger partial charge in [-0.3, -0.25) is 0 Å². The fourth-order valence-electron chi connectivity index (χ4n) is 4.59. The van der Waals surface area contributed by atoms with E-state index in [0.29, 0.717) is 24.9 Å². The molecular weight excluding hydrogens is 216 g/mol. The molecule has 1 spiro atoms. The van der Waals surface area contributed by atoms with Crippen LogP contribution in [0, 0.1) is 11.8 Å². The van der Waals surface area contributed by atoms with Crippen LogP contribution < -0.4 is 0 Å². The molecule has 2 saturated carbocycles. The van der Waals surface area contributed by atoms with Crippen molar-refractivity contribution < 1.29 is 14.9 Å². The summed E-state index contributed by atoms with van der Waals surface area (Å²) in [5, 5.41) is 20.8. The number of aliphatic hydroxyl groups excluding tert-OH is 1. The predicted octanol–water partition coefficient (Wildman–Crippen LogP) is 1.63. The second-order valence-corrected chi connectivity index (χ2v) is 6.05. The fourth-order valence-corrected chi connectivity index (χ4v) is 4.59. The minimum atomic E-state index is -0.702. The lowest BCUT2D eigenvalue weighted by Crippen LogP contribution is -2.54. The van der Waals surface area contributed by atoms with Crippen LogP contribution in [0.25, 0.3) is 0 Å². The first kappa shape index (κ1) is 11.7. The molecule has 3 rings (SSSR count). The first-order valence-electron chi connectivity index (χ1n) is 6.77. The van der Waals surface area contributed by atoms with Crippen LogP contribution >= 0.6 is 0 Å². The Morgan fingerprint density at radius 1 is 1.35 bits per heavy atom. The van der Waals surface area contributed by atoms with Crippen LogP contribution in [0.2, 0.25) is 0 Å². The maximum Gasteiger partial charge on any atom is 0.102 e. The van der Waals surface area contributed by atoms with Crippen molar-refractivity contribution in [3.8, 4) is 0 Å². The van der Waals surface area contributed by atoms with E-state index in [9.17, 15) is 10.2 Å². The van der Waals surface area contributed by atoms with Crippen molar-refractivity contribution in [1.82, 2.24) is 0 Å².